The standard InChI is InChI=1S/C18H14ClFN4O/c1-9-6-11(19)3-5-12(9)16-14-7-10(17(25)24-18(21)22)2-4-13(14)15(20)8-23-16/h2-8H,1H3,(H4,21,22,24,25). The van der Waals surface area contributed by atoms with E-state index in [1.807, 2.05) is 13.0 Å². The van der Waals surface area contributed by atoms with Gasteiger partial charge in [-0.3, -0.25) is 9.78 Å². The van der Waals surface area contributed by atoms with Crippen LogP contribution in [0.15, 0.2) is 47.6 Å². The monoisotopic (exact) mass is 356 g/mol. The number of nitrogens with two attached hydrogens (primary N) is 2. The van der Waals surface area contributed by atoms with E-state index in [0.717, 1.165) is 17.3 Å². The van der Waals surface area contributed by atoms with Crippen molar-refractivity contribution in [2.45, 2.75) is 6.92 Å². The maximum absolute atomic E-state index is 14.2. The molecule has 0 aliphatic rings. The predicted molar refractivity (Wildman–Crippen MR) is 97.0 cm³/mol. The zero-order valence-corrected chi connectivity index (χ0v) is 14.0. The molecule has 1 amide bonds. The van der Waals surface area contributed by atoms with Crippen LogP contribution in [0.4, 0.5) is 4.39 Å². The molecule has 0 aliphatic carbocycles. The molecule has 0 aliphatic heterocycles. The molecule has 2 aromatic carbocycles. The van der Waals surface area contributed by atoms with Crippen LogP contribution in [0.25, 0.3) is 22.0 Å². The molecule has 0 spiro atoms. The smallest absolute Gasteiger partial charge is 0.280 e. The highest BCUT2D eigenvalue weighted by Gasteiger charge is 2.14. The Bertz CT molecular complexity index is 1030. The lowest BCUT2D eigenvalue weighted by Gasteiger charge is -2.11. The number of nitrogens with zero attached hydrogens (tertiary/aromatic N) is 2. The first-order valence-electron chi connectivity index (χ1n) is 7.35. The Morgan fingerprint density at radius 2 is 1.92 bits per heavy atom. The van der Waals surface area contributed by atoms with Crippen molar-refractivity contribution >= 4 is 34.2 Å². The van der Waals surface area contributed by atoms with E-state index in [-0.39, 0.29) is 11.5 Å². The quantitative estimate of drug-likeness (QED) is 0.543. The molecule has 0 radical (unpaired) electrons. The van der Waals surface area contributed by atoms with Crippen LogP contribution in [0.2, 0.25) is 5.02 Å². The SMILES string of the molecule is Cc1cc(Cl)ccc1-c1ncc(F)c2ccc(C(=O)N=C(N)N)cc12. The lowest BCUT2D eigenvalue weighted by Crippen LogP contribution is -2.24. The third-order valence-electron chi connectivity index (χ3n) is 3.76. The lowest BCUT2D eigenvalue weighted by atomic mass is 9.98. The predicted octanol–water partition coefficient (Wildman–Crippen LogP) is 3.42. The first kappa shape index (κ1) is 16.9. The van der Waals surface area contributed by atoms with Gasteiger partial charge in [-0.2, -0.15) is 4.99 Å². The number of guanidine groups is 1. The summed E-state index contributed by atoms with van der Waals surface area (Å²) in [4.78, 5) is 19.8. The number of amides is 1. The van der Waals surface area contributed by atoms with Crippen molar-refractivity contribution in [3.05, 3.63) is 64.6 Å². The fraction of sp³-hybridized carbons (Fsp3) is 0.0556. The van der Waals surface area contributed by atoms with Gasteiger partial charge in [0.25, 0.3) is 5.91 Å². The Balaban J connectivity index is 2.27. The van der Waals surface area contributed by atoms with Crippen LogP contribution in [0.1, 0.15) is 15.9 Å². The van der Waals surface area contributed by atoms with Crippen molar-refractivity contribution in [1.29, 1.82) is 0 Å². The maximum Gasteiger partial charge on any atom is 0.280 e. The molecule has 0 saturated heterocycles. The van der Waals surface area contributed by atoms with Gasteiger partial charge >= 0.3 is 0 Å². The van der Waals surface area contributed by atoms with E-state index in [1.54, 1.807) is 12.1 Å². The van der Waals surface area contributed by atoms with Crippen molar-refractivity contribution in [2.75, 3.05) is 0 Å². The van der Waals surface area contributed by atoms with Crippen molar-refractivity contribution in [3.63, 3.8) is 0 Å². The molecule has 3 aromatic rings. The van der Waals surface area contributed by atoms with Gasteiger partial charge in [0.05, 0.1) is 11.9 Å². The normalized spacial score (nSPS) is 10.7. The molecule has 5 nitrogen and oxygen atoms in total. The molecule has 25 heavy (non-hydrogen) atoms. The van der Waals surface area contributed by atoms with Gasteiger partial charge in [-0.05, 0) is 36.8 Å². The van der Waals surface area contributed by atoms with Crippen LogP contribution in [0.5, 0.6) is 0 Å². The minimum absolute atomic E-state index is 0.237. The molecule has 0 saturated carbocycles. The second-order valence-electron chi connectivity index (χ2n) is 5.52. The van der Waals surface area contributed by atoms with Gasteiger partial charge in [0.15, 0.2) is 5.96 Å². The van der Waals surface area contributed by atoms with E-state index in [0.29, 0.717) is 21.5 Å². The van der Waals surface area contributed by atoms with Crippen molar-refractivity contribution < 1.29 is 9.18 Å². The molecule has 1 aromatic heterocycles. The summed E-state index contributed by atoms with van der Waals surface area (Å²) in [5.74, 6) is -1.42. The Morgan fingerprint density at radius 1 is 1.16 bits per heavy atom. The highest BCUT2D eigenvalue weighted by Crippen LogP contribution is 2.32. The molecule has 126 valence electrons. The van der Waals surface area contributed by atoms with E-state index in [4.69, 9.17) is 23.1 Å². The summed E-state index contributed by atoms with van der Waals surface area (Å²) in [5, 5.41) is 1.43. The number of aryl methyl sites for hydroxylation is 1. The summed E-state index contributed by atoms with van der Waals surface area (Å²) in [6, 6.07) is 9.85. The van der Waals surface area contributed by atoms with Gasteiger partial charge in [-0.15, -0.1) is 0 Å². The summed E-state index contributed by atoms with van der Waals surface area (Å²) < 4.78 is 14.2. The van der Waals surface area contributed by atoms with E-state index < -0.39 is 11.7 Å². The lowest BCUT2D eigenvalue weighted by molar-refractivity contribution is 0.100. The zero-order chi connectivity index (χ0) is 18.1. The van der Waals surface area contributed by atoms with Gasteiger partial charge in [-0.1, -0.05) is 23.7 Å². The fourth-order valence-electron chi connectivity index (χ4n) is 2.63. The van der Waals surface area contributed by atoms with Crippen LogP contribution < -0.4 is 11.5 Å². The van der Waals surface area contributed by atoms with Crippen molar-refractivity contribution in [2.24, 2.45) is 16.5 Å². The van der Waals surface area contributed by atoms with Gasteiger partial charge in [-0.25, -0.2) is 4.39 Å². The van der Waals surface area contributed by atoms with Crippen LogP contribution in [-0.4, -0.2) is 16.9 Å². The number of aromatic nitrogens is 1. The molecule has 0 fully saturated rings. The summed E-state index contributed by atoms with van der Waals surface area (Å²) in [7, 11) is 0. The number of carbonyl (C=O) groups excluding carboxylic acids is 1. The van der Waals surface area contributed by atoms with Crippen molar-refractivity contribution in [1.82, 2.24) is 4.98 Å². The second-order valence-corrected chi connectivity index (χ2v) is 5.95. The highest BCUT2D eigenvalue weighted by molar-refractivity contribution is 6.30. The first-order chi connectivity index (χ1) is 11.9. The molecular formula is C18H14ClFN4O. The topological polar surface area (TPSA) is 94.4 Å². The number of halogens is 2. The van der Waals surface area contributed by atoms with Crippen molar-refractivity contribution in [3.8, 4) is 11.3 Å². The summed E-state index contributed by atoms with van der Waals surface area (Å²) >= 11 is 6.00. The maximum atomic E-state index is 14.2. The number of benzene rings is 2. The summed E-state index contributed by atoms with van der Waals surface area (Å²) in [5.41, 5.74) is 12.9. The average molecular weight is 357 g/mol. The molecule has 0 bridgehead atoms. The molecule has 7 heteroatoms. The summed E-state index contributed by atoms with van der Waals surface area (Å²) in [6.45, 7) is 1.88. The highest BCUT2D eigenvalue weighted by atomic mass is 35.5. The number of pyridine rings is 1. The minimum atomic E-state index is -0.607. The number of aliphatic imine (C=N–C) groups is 1. The third kappa shape index (κ3) is 3.29. The van der Waals surface area contributed by atoms with Gasteiger partial charge < -0.3 is 11.5 Å². The van der Waals surface area contributed by atoms with Gasteiger partial charge in [0.2, 0.25) is 0 Å². The Hall–Kier alpha value is -2.99. The van der Waals surface area contributed by atoms with E-state index in [2.05, 4.69) is 9.98 Å². The second kappa shape index (κ2) is 6.49. The third-order valence-corrected chi connectivity index (χ3v) is 4.00. The fourth-order valence-corrected chi connectivity index (χ4v) is 2.86. The number of rotatable bonds is 2. The zero-order valence-electron chi connectivity index (χ0n) is 13.3. The van der Waals surface area contributed by atoms with Crippen LogP contribution in [0.3, 0.4) is 0 Å². The Labute approximate surface area is 148 Å². The Kier molecular flexibility index (Phi) is 4.37. The number of carbonyl (C=O) groups is 1. The molecule has 3 rings (SSSR count). The number of fused-ring (bicyclic) bond motifs is 1. The minimum Gasteiger partial charge on any atom is -0.370 e. The molecular weight excluding hydrogens is 343 g/mol. The Morgan fingerprint density at radius 3 is 2.60 bits per heavy atom. The molecule has 4 N–H and O–H groups in total. The van der Waals surface area contributed by atoms with Crippen LogP contribution >= 0.6 is 11.6 Å². The summed E-state index contributed by atoms with van der Waals surface area (Å²) in [6.07, 6.45) is 1.16. The number of hydrogen-bond acceptors (Lipinski definition) is 2. The molecule has 0 unspecified atom stereocenters. The van der Waals surface area contributed by atoms with Gasteiger partial charge in [0, 0.05) is 26.9 Å². The van der Waals surface area contributed by atoms with Crippen LogP contribution in [0, 0.1) is 12.7 Å². The van der Waals surface area contributed by atoms with E-state index in [9.17, 15) is 9.18 Å². The van der Waals surface area contributed by atoms with E-state index in [1.165, 1.54) is 18.2 Å². The average Bonchev–Trinajstić information content (AvgIpc) is 2.55. The van der Waals surface area contributed by atoms with Crippen LogP contribution in [-0.2, 0) is 0 Å². The van der Waals surface area contributed by atoms with Gasteiger partial charge in [0.1, 0.15) is 5.82 Å². The molecule has 1 heterocycles. The first-order valence-corrected chi connectivity index (χ1v) is 7.73. The van der Waals surface area contributed by atoms with E-state index >= 15 is 0 Å². The largest absolute Gasteiger partial charge is 0.370 e. The molecule has 0 atom stereocenters. The number of hydrogen-bond donors (Lipinski definition) is 2.